The molecule has 32 heavy (non-hydrogen) atoms. The van der Waals surface area contributed by atoms with Crippen molar-refractivity contribution >= 4 is 39.1 Å². The van der Waals surface area contributed by atoms with Gasteiger partial charge in [-0.25, -0.2) is 0 Å². The maximum Gasteiger partial charge on any atom is 0.263 e. The summed E-state index contributed by atoms with van der Waals surface area (Å²) in [6.07, 6.45) is 1.87. The van der Waals surface area contributed by atoms with Gasteiger partial charge < -0.3 is 16.0 Å². The predicted molar refractivity (Wildman–Crippen MR) is 126 cm³/mol. The van der Waals surface area contributed by atoms with Gasteiger partial charge in [-0.15, -0.1) is 11.3 Å². The van der Waals surface area contributed by atoms with E-state index >= 15 is 0 Å². The number of piperidine rings is 1. The molecular formula is C25H27N3O3S. The van der Waals surface area contributed by atoms with E-state index in [0.717, 1.165) is 20.5 Å². The fraction of sp³-hybridized carbons (Fsp3) is 0.320. The van der Waals surface area contributed by atoms with Crippen LogP contribution in [0.3, 0.4) is 0 Å². The molecule has 1 saturated heterocycles. The first-order valence-corrected chi connectivity index (χ1v) is 11.7. The first kappa shape index (κ1) is 22.0. The molecule has 7 heteroatoms. The summed E-state index contributed by atoms with van der Waals surface area (Å²) in [6, 6.07) is 19.3. The molecule has 0 radical (unpaired) electrons. The molecule has 3 aromatic rings. The third kappa shape index (κ3) is 5.34. The maximum atomic E-state index is 12.9. The Balaban J connectivity index is 1.33. The number of thiophene rings is 1. The molecule has 6 nitrogen and oxygen atoms in total. The van der Waals surface area contributed by atoms with Crippen LogP contribution in [0.25, 0.3) is 10.1 Å². The Morgan fingerprint density at radius 2 is 1.72 bits per heavy atom. The summed E-state index contributed by atoms with van der Waals surface area (Å²) >= 11 is 1.51. The van der Waals surface area contributed by atoms with Gasteiger partial charge in [0.15, 0.2) is 0 Å². The monoisotopic (exact) mass is 449 g/mol. The number of amides is 3. The maximum absolute atomic E-state index is 12.9. The van der Waals surface area contributed by atoms with Crippen LogP contribution in [-0.2, 0) is 16.0 Å². The van der Waals surface area contributed by atoms with Crippen LogP contribution in [0, 0.1) is 5.92 Å². The third-order valence-corrected chi connectivity index (χ3v) is 7.01. The second kappa shape index (κ2) is 9.96. The third-order valence-electron chi connectivity index (χ3n) is 5.91. The van der Waals surface area contributed by atoms with E-state index in [2.05, 4.69) is 5.32 Å². The van der Waals surface area contributed by atoms with Crippen molar-refractivity contribution in [2.24, 2.45) is 11.7 Å². The van der Waals surface area contributed by atoms with Gasteiger partial charge in [-0.3, -0.25) is 14.4 Å². The highest BCUT2D eigenvalue weighted by Gasteiger charge is 2.29. The molecule has 3 amide bonds. The molecule has 3 N–H and O–H groups in total. The van der Waals surface area contributed by atoms with Crippen molar-refractivity contribution < 1.29 is 14.4 Å². The average molecular weight is 450 g/mol. The van der Waals surface area contributed by atoms with Crippen LogP contribution < -0.4 is 11.1 Å². The summed E-state index contributed by atoms with van der Waals surface area (Å²) in [7, 11) is 0. The number of benzene rings is 2. The molecular weight excluding hydrogens is 422 g/mol. The molecule has 0 saturated carbocycles. The van der Waals surface area contributed by atoms with Gasteiger partial charge in [0.25, 0.3) is 5.91 Å². The number of hydrogen-bond donors (Lipinski definition) is 2. The van der Waals surface area contributed by atoms with E-state index in [4.69, 9.17) is 5.73 Å². The number of primary amides is 1. The minimum Gasteiger partial charge on any atom is -0.370 e. The van der Waals surface area contributed by atoms with Crippen molar-refractivity contribution in [2.75, 3.05) is 13.1 Å². The molecule has 1 aliphatic rings. The summed E-state index contributed by atoms with van der Waals surface area (Å²) in [5.74, 6) is -0.649. The smallest absolute Gasteiger partial charge is 0.263 e. The number of hydrogen-bond acceptors (Lipinski definition) is 4. The van der Waals surface area contributed by atoms with Gasteiger partial charge in [-0.1, -0.05) is 48.5 Å². The number of likely N-dealkylation sites (tertiary alicyclic amines) is 1. The topological polar surface area (TPSA) is 92.5 Å². The first-order chi connectivity index (χ1) is 15.5. The quantitative estimate of drug-likeness (QED) is 0.579. The Morgan fingerprint density at radius 3 is 2.41 bits per heavy atom. The van der Waals surface area contributed by atoms with Crippen LogP contribution in [0.2, 0.25) is 0 Å². The number of carbonyl (C=O) groups is 3. The van der Waals surface area contributed by atoms with E-state index in [1.165, 1.54) is 11.3 Å². The Bertz CT molecular complexity index is 1070. The van der Waals surface area contributed by atoms with Gasteiger partial charge >= 0.3 is 0 Å². The predicted octanol–water partition coefficient (Wildman–Crippen LogP) is 3.36. The summed E-state index contributed by atoms with van der Waals surface area (Å²) < 4.78 is 1.10. The Kier molecular flexibility index (Phi) is 6.85. The van der Waals surface area contributed by atoms with E-state index in [1.807, 2.05) is 65.6 Å². The molecule has 1 aliphatic heterocycles. The Hall–Kier alpha value is -3.19. The van der Waals surface area contributed by atoms with Crippen LogP contribution in [0.5, 0.6) is 0 Å². The van der Waals surface area contributed by atoms with Crippen molar-refractivity contribution in [3.8, 4) is 0 Å². The number of nitrogens with one attached hydrogen (secondary N) is 1. The van der Waals surface area contributed by atoms with E-state index in [0.29, 0.717) is 32.4 Å². The fourth-order valence-corrected chi connectivity index (χ4v) is 5.25. The molecule has 166 valence electrons. The molecule has 1 atom stereocenters. The number of nitrogens with zero attached hydrogens (tertiary/aromatic N) is 1. The molecule has 2 heterocycles. The highest BCUT2D eigenvalue weighted by molar-refractivity contribution is 7.20. The van der Waals surface area contributed by atoms with Crippen molar-refractivity contribution in [3.05, 3.63) is 71.1 Å². The standard InChI is InChI=1S/C25H27N3O3S/c26-23(29)16-20(14-17-6-2-1-3-7-17)27-24(30)18-10-12-28(13-11-18)25(31)22-15-19-8-4-5-9-21(19)32-22/h1-9,15,18,20H,10-14,16H2,(H2,26,29)(H,27,30). The van der Waals surface area contributed by atoms with E-state index in [1.54, 1.807) is 0 Å². The van der Waals surface area contributed by atoms with E-state index in [-0.39, 0.29) is 30.2 Å². The van der Waals surface area contributed by atoms with Gasteiger partial charge in [0.1, 0.15) is 0 Å². The minimum absolute atomic E-state index is 0.0285. The van der Waals surface area contributed by atoms with Gasteiger partial charge in [-0.05, 0) is 42.3 Å². The Morgan fingerprint density at radius 1 is 1.03 bits per heavy atom. The van der Waals surface area contributed by atoms with Gasteiger partial charge in [-0.2, -0.15) is 0 Å². The molecule has 4 rings (SSSR count). The van der Waals surface area contributed by atoms with Crippen molar-refractivity contribution in [1.29, 1.82) is 0 Å². The highest BCUT2D eigenvalue weighted by atomic mass is 32.1. The van der Waals surface area contributed by atoms with E-state index < -0.39 is 5.91 Å². The molecule has 1 fully saturated rings. The molecule has 1 aromatic heterocycles. The lowest BCUT2D eigenvalue weighted by atomic mass is 9.94. The van der Waals surface area contributed by atoms with Crippen molar-refractivity contribution in [2.45, 2.75) is 31.7 Å². The van der Waals surface area contributed by atoms with Crippen molar-refractivity contribution in [3.63, 3.8) is 0 Å². The van der Waals surface area contributed by atoms with Gasteiger partial charge in [0.05, 0.1) is 4.88 Å². The molecule has 0 bridgehead atoms. The zero-order chi connectivity index (χ0) is 22.5. The van der Waals surface area contributed by atoms with Gasteiger partial charge in [0.2, 0.25) is 11.8 Å². The van der Waals surface area contributed by atoms with E-state index in [9.17, 15) is 14.4 Å². The summed E-state index contributed by atoms with van der Waals surface area (Å²) in [5.41, 5.74) is 6.45. The second-order valence-electron chi connectivity index (χ2n) is 8.28. The number of fused-ring (bicyclic) bond motifs is 1. The zero-order valence-electron chi connectivity index (χ0n) is 17.8. The van der Waals surface area contributed by atoms with Crippen molar-refractivity contribution in [1.82, 2.24) is 10.2 Å². The molecule has 0 spiro atoms. The number of carbonyl (C=O) groups excluding carboxylic acids is 3. The van der Waals surface area contributed by atoms with Crippen LogP contribution in [0.15, 0.2) is 60.7 Å². The lowest BCUT2D eigenvalue weighted by Crippen LogP contribution is -2.46. The van der Waals surface area contributed by atoms with Crippen LogP contribution >= 0.6 is 11.3 Å². The van der Waals surface area contributed by atoms with Crippen LogP contribution in [0.4, 0.5) is 0 Å². The SMILES string of the molecule is NC(=O)CC(Cc1ccccc1)NC(=O)C1CCN(C(=O)c2cc3ccccc3s2)CC1. The first-order valence-electron chi connectivity index (χ1n) is 10.9. The van der Waals surface area contributed by atoms with Crippen LogP contribution in [-0.4, -0.2) is 41.8 Å². The second-order valence-corrected chi connectivity index (χ2v) is 9.36. The lowest BCUT2D eigenvalue weighted by Gasteiger charge is -2.32. The van der Waals surface area contributed by atoms with Gasteiger partial charge in [0, 0.05) is 36.2 Å². The summed E-state index contributed by atoms with van der Waals surface area (Å²) in [6.45, 7) is 1.09. The molecule has 1 unspecified atom stereocenters. The van der Waals surface area contributed by atoms with Crippen LogP contribution in [0.1, 0.15) is 34.5 Å². The summed E-state index contributed by atoms with van der Waals surface area (Å²) in [5, 5.41) is 4.10. The number of rotatable bonds is 7. The lowest BCUT2D eigenvalue weighted by molar-refractivity contribution is -0.127. The number of nitrogens with two attached hydrogens (primary N) is 1. The average Bonchev–Trinajstić information content (AvgIpc) is 3.23. The normalized spacial score (nSPS) is 15.4. The minimum atomic E-state index is -0.435. The largest absolute Gasteiger partial charge is 0.370 e. The molecule has 0 aliphatic carbocycles. The molecule has 2 aromatic carbocycles. The summed E-state index contributed by atoms with van der Waals surface area (Å²) in [4.78, 5) is 39.9. The zero-order valence-corrected chi connectivity index (χ0v) is 18.6. The fourth-order valence-electron chi connectivity index (χ4n) is 4.22. The Labute approximate surface area is 191 Å². The highest BCUT2D eigenvalue weighted by Crippen LogP contribution is 2.28.